The van der Waals surface area contributed by atoms with Crippen LogP contribution in [0.2, 0.25) is 10.0 Å². The van der Waals surface area contributed by atoms with Gasteiger partial charge in [0, 0.05) is 23.6 Å². The van der Waals surface area contributed by atoms with Gasteiger partial charge in [0.05, 0.1) is 6.04 Å². The Kier molecular flexibility index (Phi) is 9.68. The van der Waals surface area contributed by atoms with Crippen LogP contribution in [-0.4, -0.2) is 35.9 Å². The summed E-state index contributed by atoms with van der Waals surface area (Å²) in [6.07, 6.45) is 2.68. The van der Waals surface area contributed by atoms with Crippen LogP contribution < -0.4 is 5.73 Å². The first kappa shape index (κ1) is 19.9. The van der Waals surface area contributed by atoms with Gasteiger partial charge < -0.3 is 10.6 Å². The number of carbonyl (C=O) groups excluding carboxylic acids is 1. The molecular weight excluding hydrogens is 339 g/mol. The van der Waals surface area contributed by atoms with Crippen molar-refractivity contribution in [2.45, 2.75) is 19.0 Å². The number of carbonyl (C=O) groups is 1. The molecule has 0 aliphatic heterocycles. The average molecular weight is 358 g/mol. The highest BCUT2D eigenvalue weighted by molar-refractivity contribution is 7.98. The van der Waals surface area contributed by atoms with Gasteiger partial charge in [-0.1, -0.05) is 23.2 Å². The fourth-order valence-corrected chi connectivity index (χ4v) is 2.77. The van der Waals surface area contributed by atoms with Gasteiger partial charge in [-0.3, -0.25) is 4.79 Å². The molecular formula is C13H19Cl3N2OS. The van der Waals surface area contributed by atoms with Crippen LogP contribution in [0, 0.1) is 0 Å². The summed E-state index contributed by atoms with van der Waals surface area (Å²) in [5.74, 6) is 0.814. The first-order valence-electron chi connectivity index (χ1n) is 5.88. The van der Waals surface area contributed by atoms with Gasteiger partial charge in [-0.2, -0.15) is 11.8 Å². The zero-order valence-electron chi connectivity index (χ0n) is 11.4. The highest BCUT2D eigenvalue weighted by atomic mass is 35.5. The lowest BCUT2D eigenvalue weighted by atomic mass is 10.1. The Labute approximate surface area is 140 Å². The Balaban J connectivity index is 0.00000361. The number of benzene rings is 1. The summed E-state index contributed by atoms with van der Waals surface area (Å²) in [5, 5.41) is 1.13. The topological polar surface area (TPSA) is 46.3 Å². The van der Waals surface area contributed by atoms with E-state index in [2.05, 4.69) is 0 Å². The lowest BCUT2D eigenvalue weighted by Crippen LogP contribution is -2.41. The Bertz CT molecular complexity index is 425. The summed E-state index contributed by atoms with van der Waals surface area (Å²) >= 11 is 13.5. The van der Waals surface area contributed by atoms with Crippen LogP contribution >= 0.6 is 47.4 Å². The van der Waals surface area contributed by atoms with Crippen LogP contribution in [-0.2, 0) is 11.3 Å². The second-order valence-corrected chi connectivity index (χ2v) is 6.22. The van der Waals surface area contributed by atoms with Crippen molar-refractivity contribution in [2.24, 2.45) is 5.73 Å². The van der Waals surface area contributed by atoms with Crippen LogP contribution in [0.1, 0.15) is 12.0 Å². The fourth-order valence-electron chi connectivity index (χ4n) is 1.71. The molecule has 0 saturated heterocycles. The van der Waals surface area contributed by atoms with Gasteiger partial charge in [0.15, 0.2) is 0 Å². The van der Waals surface area contributed by atoms with Crippen LogP contribution in [0.3, 0.4) is 0 Å². The Hall–Kier alpha value is -0.130. The van der Waals surface area contributed by atoms with Crippen molar-refractivity contribution in [3.05, 3.63) is 33.8 Å². The number of nitrogens with zero attached hydrogens (tertiary/aromatic N) is 1. The second-order valence-electron chi connectivity index (χ2n) is 4.36. The molecule has 0 radical (unpaired) electrons. The number of halogens is 3. The summed E-state index contributed by atoms with van der Waals surface area (Å²) < 4.78 is 0. The minimum atomic E-state index is -0.452. The predicted octanol–water partition coefficient (Wildman–Crippen LogP) is 3.45. The van der Waals surface area contributed by atoms with Gasteiger partial charge >= 0.3 is 0 Å². The Morgan fingerprint density at radius 1 is 1.35 bits per heavy atom. The maximum absolute atomic E-state index is 12.0. The molecule has 0 heterocycles. The van der Waals surface area contributed by atoms with Crippen LogP contribution in [0.4, 0.5) is 0 Å². The van der Waals surface area contributed by atoms with E-state index < -0.39 is 6.04 Å². The van der Waals surface area contributed by atoms with Crippen molar-refractivity contribution < 1.29 is 4.79 Å². The van der Waals surface area contributed by atoms with Crippen molar-refractivity contribution in [2.75, 3.05) is 19.1 Å². The molecule has 1 atom stereocenters. The molecule has 1 aromatic rings. The standard InChI is InChI=1S/C13H18Cl2N2OS.ClH/c1-17(13(18)12(16)3-4-19-2)8-9-5-10(14)7-11(15)6-9;/h5-7,12H,3-4,8,16H2,1-2H3;1H/t12-;/m0./s1. The molecule has 3 nitrogen and oxygen atoms in total. The quantitative estimate of drug-likeness (QED) is 0.848. The molecule has 0 aliphatic carbocycles. The zero-order valence-corrected chi connectivity index (χ0v) is 14.6. The van der Waals surface area contributed by atoms with E-state index in [0.29, 0.717) is 23.0 Å². The van der Waals surface area contributed by atoms with Gasteiger partial charge in [-0.25, -0.2) is 0 Å². The third-order valence-corrected chi connectivity index (χ3v) is 3.75. The predicted molar refractivity (Wildman–Crippen MR) is 91.2 cm³/mol. The molecule has 114 valence electrons. The van der Waals surface area contributed by atoms with Crippen LogP contribution in [0.15, 0.2) is 18.2 Å². The third-order valence-electron chi connectivity index (χ3n) is 2.67. The van der Waals surface area contributed by atoms with Gasteiger partial charge in [-0.15, -0.1) is 12.4 Å². The largest absolute Gasteiger partial charge is 0.340 e. The molecule has 0 aliphatic rings. The first-order valence-corrected chi connectivity index (χ1v) is 8.03. The lowest BCUT2D eigenvalue weighted by molar-refractivity contribution is -0.131. The Morgan fingerprint density at radius 3 is 2.40 bits per heavy atom. The molecule has 7 heteroatoms. The summed E-state index contributed by atoms with van der Waals surface area (Å²) in [5.41, 5.74) is 6.75. The van der Waals surface area contributed by atoms with E-state index in [1.165, 1.54) is 0 Å². The molecule has 1 aromatic carbocycles. The molecule has 0 fully saturated rings. The van der Waals surface area contributed by atoms with E-state index in [1.54, 1.807) is 41.9 Å². The number of thioether (sulfide) groups is 1. The molecule has 0 spiro atoms. The molecule has 2 N–H and O–H groups in total. The zero-order chi connectivity index (χ0) is 14.4. The number of hydrogen-bond acceptors (Lipinski definition) is 3. The molecule has 20 heavy (non-hydrogen) atoms. The van der Waals surface area contributed by atoms with Crippen molar-refractivity contribution in [1.82, 2.24) is 4.90 Å². The van der Waals surface area contributed by atoms with Gasteiger partial charge in [0.25, 0.3) is 0 Å². The SMILES string of the molecule is CSCC[C@H](N)C(=O)N(C)Cc1cc(Cl)cc(Cl)c1.Cl. The van der Waals surface area contributed by atoms with E-state index >= 15 is 0 Å². The van der Waals surface area contributed by atoms with Crippen molar-refractivity contribution in [1.29, 1.82) is 0 Å². The summed E-state index contributed by atoms with van der Waals surface area (Å²) in [6.45, 7) is 0.450. The van der Waals surface area contributed by atoms with E-state index in [-0.39, 0.29) is 18.3 Å². The second kappa shape index (κ2) is 9.74. The highest BCUT2D eigenvalue weighted by Crippen LogP contribution is 2.20. The molecule has 0 saturated carbocycles. The van der Waals surface area contributed by atoms with E-state index in [1.807, 2.05) is 6.26 Å². The van der Waals surface area contributed by atoms with E-state index in [4.69, 9.17) is 28.9 Å². The minimum absolute atomic E-state index is 0. The van der Waals surface area contributed by atoms with Crippen LogP contribution in [0.5, 0.6) is 0 Å². The van der Waals surface area contributed by atoms with Gasteiger partial charge in [0.1, 0.15) is 0 Å². The van der Waals surface area contributed by atoms with Crippen molar-refractivity contribution in [3.8, 4) is 0 Å². The van der Waals surface area contributed by atoms with Crippen LogP contribution in [0.25, 0.3) is 0 Å². The first-order chi connectivity index (χ1) is 8.93. The molecule has 0 aromatic heterocycles. The Morgan fingerprint density at radius 2 is 1.90 bits per heavy atom. The fraction of sp³-hybridized carbons (Fsp3) is 0.462. The number of nitrogens with two attached hydrogens (primary N) is 1. The smallest absolute Gasteiger partial charge is 0.239 e. The molecule has 1 amide bonds. The number of amides is 1. The monoisotopic (exact) mass is 356 g/mol. The van der Waals surface area contributed by atoms with E-state index in [0.717, 1.165) is 11.3 Å². The maximum Gasteiger partial charge on any atom is 0.239 e. The minimum Gasteiger partial charge on any atom is -0.340 e. The summed E-state index contributed by atoms with van der Waals surface area (Å²) in [7, 11) is 1.73. The van der Waals surface area contributed by atoms with Gasteiger partial charge in [0.2, 0.25) is 5.91 Å². The number of likely N-dealkylation sites (N-methyl/N-ethyl adjacent to an activating group) is 1. The molecule has 1 rings (SSSR count). The van der Waals surface area contributed by atoms with Gasteiger partial charge in [-0.05, 0) is 42.2 Å². The summed E-state index contributed by atoms with van der Waals surface area (Å²) in [6, 6.07) is 4.81. The number of hydrogen-bond donors (Lipinski definition) is 1. The summed E-state index contributed by atoms with van der Waals surface area (Å²) in [4.78, 5) is 13.7. The van der Waals surface area contributed by atoms with E-state index in [9.17, 15) is 4.79 Å². The van der Waals surface area contributed by atoms with Crippen molar-refractivity contribution >= 4 is 53.3 Å². The normalized spacial score (nSPS) is 11.7. The number of rotatable bonds is 6. The molecule has 0 unspecified atom stereocenters. The van der Waals surface area contributed by atoms with Crippen molar-refractivity contribution in [3.63, 3.8) is 0 Å². The maximum atomic E-state index is 12.0. The lowest BCUT2D eigenvalue weighted by Gasteiger charge is -2.21. The molecule has 0 bridgehead atoms. The highest BCUT2D eigenvalue weighted by Gasteiger charge is 2.17. The third kappa shape index (κ3) is 6.55. The average Bonchev–Trinajstić information content (AvgIpc) is 2.33.